The number of halogens is 2. The molecule has 4 heteroatoms. The lowest BCUT2D eigenvalue weighted by Gasteiger charge is -2.10. The Labute approximate surface area is 135 Å². The molecule has 0 amide bonds. The first kappa shape index (κ1) is 14.1. The smallest absolute Gasteiger partial charge is 0.141 e. The Morgan fingerprint density at radius 1 is 1.10 bits per heavy atom. The van der Waals surface area contributed by atoms with E-state index in [1.54, 1.807) is 0 Å². The molecule has 0 aromatic heterocycles. The van der Waals surface area contributed by atoms with Crippen LogP contribution in [0.2, 0.25) is 0 Å². The van der Waals surface area contributed by atoms with Gasteiger partial charge in [0, 0.05) is 17.1 Å². The zero-order valence-electron chi connectivity index (χ0n) is 10.9. The number of ether oxygens (including phenoxy) is 1. The highest BCUT2D eigenvalue weighted by atomic mass is 79.9. The maximum Gasteiger partial charge on any atom is 0.141 e. The zero-order valence-corrected chi connectivity index (χ0v) is 14.1. The number of hydrogen-bond acceptors (Lipinski definition) is 2. The highest BCUT2D eigenvalue weighted by Gasteiger charge is 2.19. The maximum atomic E-state index is 5.93. The summed E-state index contributed by atoms with van der Waals surface area (Å²) in [7, 11) is 0. The van der Waals surface area contributed by atoms with Crippen molar-refractivity contribution in [3.05, 3.63) is 57.0 Å². The number of nitrogens with one attached hydrogen (secondary N) is 1. The van der Waals surface area contributed by atoms with Crippen LogP contribution in [0, 0.1) is 0 Å². The van der Waals surface area contributed by atoms with Gasteiger partial charge in [0.15, 0.2) is 0 Å². The Balaban J connectivity index is 1.70. The van der Waals surface area contributed by atoms with Crippen LogP contribution in [0.4, 0.5) is 0 Å². The van der Waals surface area contributed by atoms with Gasteiger partial charge >= 0.3 is 0 Å². The molecule has 2 nitrogen and oxygen atoms in total. The van der Waals surface area contributed by atoms with Crippen molar-refractivity contribution in [1.82, 2.24) is 5.32 Å². The third-order valence-corrected chi connectivity index (χ3v) is 4.31. The zero-order chi connectivity index (χ0) is 13.9. The second-order valence-corrected chi connectivity index (χ2v) is 6.75. The van der Waals surface area contributed by atoms with E-state index in [9.17, 15) is 0 Å². The van der Waals surface area contributed by atoms with Gasteiger partial charge in [-0.05, 0) is 64.7 Å². The van der Waals surface area contributed by atoms with Crippen molar-refractivity contribution in [2.24, 2.45) is 0 Å². The third kappa shape index (κ3) is 3.84. The van der Waals surface area contributed by atoms with Gasteiger partial charge in [-0.2, -0.15) is 0 Å². The lowest BCUT2D eigenvalue weighted by Crippen LogP contribution is -2.15. The molecule has 0 unspecified atom stereocenters. The van der Waals surface area contributed by atoms with E-state index in [-0.39, 0.29) is 0 Å². The van der Waals surface area contributed by atoms with Gasteiger partial charge in [0.05, 0.1) is 4.47 Å². The summed E-state index contributed by atoms with van der Waals surface area (Å²) < 4.78 is 7.90. The Morgan fingerprint density at radius 3 is 2.70 bits per heavy atom. The maximum absolute atomic E-state index is 5.93. The SMILES string of the molecule is Brc1ccc(Oc2cccc(CNC3CC3)c2)c(Br)c1. The van der Waals surface area contributed by atoms with Crippen molar-refractivity contribution in [3.8, 4) is 11.5 Å². The quantitative estimate of drug-likeness (QED) is 0.744. The van der Waals surface area contributed by atoms with Crippen LogP contribution in [0.25, 0.3) is 0 Å². The molecule has 0 spiro atoms. The van der Waals surface area contributed by atoms with Crippen LogP contribution in [0.3, 0.4) is 0 Å². The van der Waals surface area contributed by atoms with Crippen molar-refractivity contribution in [2.75, 3.05) is 0 Å². The summed E-state index contributed by atoms with van der Waals surface area (Å²) in [6, 6.07) is 14.8. The highest BCUT2D eigenvalue weighted by molar-refractivity contribution is 9.11. The van der Waals surface area contributed by atoms with E-state index in [1.165, 1.54) is 18.4 Å². The van der Waals surface area contributed by atoms with Crippen LogP contribution in [0.15, 0.2) is 51.4 Å². The molecule has 2 aromatic carbocycles. The molecule has 0 aliphatic heterocycles. The van der Waals surface area contributed by atoms with Gasteiger partial charge in [-0.25, -0.2) is 0 Å². The minimum atomic E-state index is 0.722. The molecule has 1 saturated carbocycles. The van der Waals surface area contributed by atoms with E-state index in [4.69, 9.17) is 4.74 Å². The summed E-state index contributed by atoms with van der Waals surface area (Å²) in [5.41, 5.74) is 1.25. The number of rotatable bonds is 5. The van der Waals surface area contributed by atoms with Crippen LogP contribution in [-0.4, -0.2) is 6.04 Å². The predicted octanol–water partition coefficient (Wildman–Crippen LogP) is 5.26. The van der Waals surface area contributed by atoms with Gasteiger partial charge in [-0.3, -0.25) is 0 Å². The third-order valence-electron chi connectivity index (χ3n) is 3.19. The summed E-state index contributed by atoms with van der Waals surface area (Å²) in [5.74, 6) is 1.68. The molecular weight excluding hydrogens is 382 g/mol. The second-order valence-electron chi connectivity index (χ2n) is 4.98. The minimum absolute atomic E-state index is 0.722. The lowest BCUT2D eigenvalue weighted by molar-refractivity contribution is 0.478. The Kier molecular flexibility index (Phi) is 4.44. The van der Waals surface area contributed by atoms with E-state index in [0.717, 1.165) is 33.0 Å². The molecule has 20 heavy (non-hydrogen) atoms. The first-order valence-electron chi connectivity index (χ1n) is 6.66. The van der Waals surface area contributed by atoms with Crippen molar-refractivity contribution in [2.45, 2.75) is 25.4 Å². The fourth-order valence-corrected chi connectivity index (χ4v) is 3.08. The lowest BCUT2D eigenvalue weighted by atomic mass is 10.2. The summed E-state index contributed by atoms with van der Waals surface area (Å²) in [4.78, 5) is 0. The fraction of sp³-hybridized carbons (Fsp3) is 0.250. The monoisotopic (exact) mass is 395 g/mol. The highest BCUT2D eigenvalue weighted by Crippen LogP contribution is 2.32. The molecule has 0 bridgehead atoms. The number of benzene rings is 2. The average Bonchev–Trinajstić information content (AvgIpc) is 3.24. The van der Waals surface area contributed by atoms with E-state index in [1.807, 2.05) is 30.3 Å². The second kappa shape index (κ2) is 6.29. The summed E-state index contributed by atoms with van der Waals surface area (Å²) in [6.45, 7) is 0.906. The molecule has 0 saturated heterocycles. The van der Waals surface area contributed by atoms with E-state index in [2.05, 4.69) is 49.3 Å². The van der Waals surface area contributed by atoms with Crippen molar-refractivity contribution < 1.29 is 4.74 Å². The molecule has 3 rings (SSSR count). The molecule has 0 heterocycles. The molecule has 104 valence electrons. The summed E-state index contributed by atoms with van der Waals surface area (Å²) >= 11 is 6.95. The molecule has 1 aliphatic rings. The molecule has 1 N–H and O–H groups in total. The van der Waals surface area contributed by atoms with Crippen molar-refractivity contribution in [1.29, 1.82) is 0 Å². The van der Waals surface area contributed by atoms with Crippen LogP contribution in [0.1, 0.15) is 18.4 Å². The largest absolute Gasteiger partial charge is 0.456 e. The molecule has 1 aliphatic carbocycles. The molecule has 0 radical (unpaired) electrons. The average molecular weight is 397 g/mol. The summed E-state index contributed by atoms with van der Waals surface area (Å²) in [6.07, 6.45) is 2.62. The van der Waals surface area contributed by atoms with E-state index < -0.39 is 0 Å². The van der Waals surface area contributed by atoms with Gasteiger partial charge in [-0.1, -0.05) is 28.1 Å². The first-order valence-corrected chi connectivity index (χ1v) is 8.24. The molecule has 1 fully saturated rings. The van der Waals surface area contributed by atoms with Gasteiger partial charge in [0.25, 0.3) is 0 Å². The molecule has 0 atom stereocenters. The normalized spacial score (nSPS) is 14.3. The van der Waals surface area contributed by atoms with E-state index >= 15 is 0 Å². The van der Waals surface area contributed by atoms with Gasteiger partial charge in [0.1, 0.15) is 11.5 Å². The fourth-order valence-electron chi connectivity index (χ4n) is 1.95. The van der Waals surface area contributed by atoms with Gasteiger partial charge < -0.3 is 10.1 Å². The van der Waals surface area contributed by atoms with Gasteiger partial charge in [-0.15, -0.1) is 0 Å². The minimum Gasteiger partial charge on any atom is -0.456 e. The van der Waals surface area contributed by atoms with E-state index in [0.29, 0.717) is 0 Å². The van der Waals surface area contributed by atoms with Crippen molar-refractivity contribution >= 4 is 31.9 Å². The van der Waals surface area contributed by atoms with Crippen LogP contribution in [-0.2, 0) is 6.54 Å². The van der Waals surface area contributed by atoms with Crippen LogP contribution >= 0.6 is 31.9 Å². The standard InChI is InChI=1S/C16H15Br2NO/c17-12-4-7-16(15(18)9-12)20-14-3-1-2-11(8-14)10-19-13-5-6-13/h1-4,7-9,13,19H,5-6,10H2. The Morgan fingerprint density at radius 2 is 1.95 bits per heavy atom. The van der Waals surface area contributed by atoms with Crippen molar-refractivity contribution in [3.63, 3.8) is 0 Å². The molecular formula is C16H15Br2NO. The molecule has 2 aromatic rings. The summed E-state index contributed by atoms with van der Waals surface area (Å²) in [5, 5.41) is 3.51. The van der Waals surface area contributed by atoms with Gasteiger partial charge in [0.2, 0.25) is 0 Å². The Hall–Kier alpha value is -0.840. The van der Waals surface area contributed by atoms with Crippen LogP contribution < -0.4 is 10.1 Å². The Bertz CT molecular complexity index is 611. The van der Waals surface area contributed by atoms with Crippen LogP contribution in [0.5, 0.6) is 11.5 Å². The number of hydrogen-bond donors (Lipinski definition) is 1. The predicted molar refractivity (Wildman–Crippen MR) is 88.2 cm³/mol. The topological polar surface area (TPSA) is 21.3 Å². The first-order chi connectivity index (χ1) is 9.70.